The van der Waals surface area contributed by atoms with Gasteiger partial charge in [0.05, 0.1) is 12.2 Å². The van der Waals surface area contributed by atoms with Gasteiger partial charge in [0, 0.05) is 0 Å². The van der Waals surface area contributed by atoms with E-state index < -0.39 is 0 Å². The molecule has 4 aliphatic rings. The molecule has 4 aliphatic carbocycles. The van der Waals surface area contributed by atoms with Crippen molar-refractivity contribution in [3.05, 3.63) is 0 Å². The van der Waals surface area contributed by atoms with Crippen LogP contribution in [0.3, 0.4) is 0 Å². The van der Waals surface area contributed by atoms with Crippen molar-refractivity contribution in [1.82, 2.24) is 0 Å². The molecule has 0 aromatic rings. The minimum Gasteiger partial charge on any atom is -0.393 e. The fraction of sp³-hybridized carbons (Fsp3) is 1.00. The summed E-state index contributed by atoms with van der Waals surface area (Å²) in [7, 11) is 0. The molecule has 120 valence electrons. The van der Waals surface area contributed by atoms with Crippen molar-refractivity contribution in [1.29, 1.82) is 0 Å². The van der Waals surface area contributed by atoms with Gasteiger partial charge in [-0.15, -0.1) is 0 Å². The first-order valence-electron chi connectivity index (χ1n) is 9.31. The SMILES string of the molecule is C[C@]12CC[C@H](O)C[C@H]1CC[C@@H]1[C@@H]2CC[C@]2(C)[C@H](O)CC[C@@H]12. The van der Waals surface area contributed by atoms with Crippen LogP contribution in [0.2, 0.25) is 0 Å². The Hall–Kier alpha value is -0.0800. The van der Waals surface area contributed by atoms with E-state index in [0.29, 0.717) is 5.41 Å². The number of rotatable bonds is 0. The molecule has 2 N–H and O–H groups in total. The van der Waals surface area contributed by atoms with Crippen LogP contribution < -0.4 is 0 Å². The summed E-state index contributed by atoms with van der Waals surface area (Å²) in [5.41, 5.74) is 0.676. The van der Waals surface area contributed by atoms with E-state index in [0.717, 1.165) is 42.9 Å². The van der Waals surface area contributed by atoms with Crippen molar-refractivity contribution >= 4 is 0 Å². The summed E-state index contributed by atoms with van der Waals surface area (Å²) >= 11 is 0. The van der Waals surface area contributed by atoms with Crippen LogP contribution >= 0.6 is 0 Å². The fourth-order valence-electron chi connectivity index (χ4n) is 7.21. The first kappa shape index (κ1) is 14.5. The Morgan fingerprint density at radius 2 is 1.48 bits per heavy atom. The summed E-state index contributed by atoms with van der Waals surface area (Å²) in [5, 5.41) is 20.5. The van der Waals surface area contributed by atoms with E-state index in [-0.39, 0.29) is 17.6 Å². The molecular weight excluding hydrogens is 260 g/mol. The predicted octanol–water partition coefficient (Wildman–Crippen LogP) is 3.75. The second-order valence-electron chi connectivity index (χ2n) is 9.22. The lowest BCUT2D eigenvalue weighted by Gasteiger charge is -2.60. The molecule has 0 saturated heterocycles. The summed E-state index contributed by atoms with van der Waals surface area (Å²) < 4.78 is 0. The quantitative estimate of drug-likeness (QED) is 0.714. The third kappa shape index (κ3) is 1.91. The standard InChI is InChI=1S/C19H32O2/c1-18-9-7-13(20)11-12(18)3-4-14-15-5-6-17(21)19(15,2)10-8-16(14)18/h12-17,20-21H,3-11H2,1-2H3/t12-,13+,14+,15+,16+,17-,18+,19+/m1/s1. The van der Waals surface area contributed by atoms with E-state index in [4.69, 9.17) is 0 Å². The van der Waals surface area contributed by atoms with Gasteiger partial charge in [-0.25, -0.2) is 0 Å². The molecule has 0 amide bonds. The van der Waals surface area contributed by atoms with E-state index in [1.165, 1.54) is 38.5 Å². The maximum absolute atomic E-state index is 10.5. The van der Waals surface area contributed by atoms with E-state index in [2.05, 4.69) is 13.8 Å². The normalized spacial score (nSPS) is 60.0. The van der Waals surface area contributed by atoms with Crippen LogP contribution in [0.25, 0.3) is 0 Å². The maximum atomic E-state index is 10.5. The zero-order valence-electron chi connectivity index (χ0n) is 13.7. The molecule has 0 radical (unpaired) electrons. The van der Waals surface area contributed by atoms with Crippen molar-refractivity contribution in [2.75, 3.05) is 0 Å². The van der Waals surface area contributed by atoms with Crippen LogP contribution in [0.4, 0.5) is 0 Å². The third-order valence-electron chi connectivity index (χ3n) is 8.59. The largest absolute Gasteiger partial charge is 0.393 e. The lowest BCUT2D eigenvalue weighted by atomic mass is 9.45. The minimum absolute atomic E-state index is 0.0400. The molecule has 0 aromatic carbocycles. The molecule has 4 saturated carbocycles. The number of hydrogen-bond acceptors (Lipinski definition) is 2. The molecule has 0 aromatic heterocycles. The molecule has 0 bridgehead atoms. The molecule has 21 heavy (non-hydrogen) atoms. The highest BCUT2D eigenvalue weighted by Crippen LogP contribution is 2.66. The summed E-state index contributed by atoms with van der Waals surface area (Å²) in [6, 6.07) is 0. The average molecular weight is 292 g/mol. The minimum atomic E-state index is -0.0536. The van der Waals surface area contributed by atoms with Gasteiger partial charge in [-0.05, 0) is 92.3 Å². The molecule has 4 rings (SSSR count). The van der Waals surface area contributed by atoms with Gasteiger partial charge in [0.2, 0.25) is 0 Å². The highest BCUT2D eigenvalue weighted by Gasteiger charge is 2.59. The Morgan fingerprint density at radius 3 is 2.29 bits per heavy atom. The molecular formula is C19H32O2. The van der Waals surface area contributed by atoms with Crippen LogP contribution in [-0.2, 0) is 0 Å². The van der Waals surface area contributed by atoms with Crippen LogP contribution in [0.1, 0.15) is 71.6 Å². The van der Waals surface area contributed by atoms with E-state index >= 15 is 0 Å². The Labute approximate surface area is 129 Å². The highest BCUT2D eigenvalue weighted by molar-refractivity contribution is 5.09. The Kier molecular flexibility index (Phi) is 3.25. The number of fused-ring (bicyclic) bond motifs is 5. The van der Waals surface area contributed by atoms with E-state index in [1.54, 1.807) is 0 Å². The smallest absolute Gasteiger partial charge is 0.0596 e. The topological polar surface area (TPSA) is 40.5 Å². The van der Waals surface area contributed by atoms with Crippen molar-refractivity contribution in [2.24, 2.45) is 34.5 Å². The molecule has 2 nitrogen and oxygen atoms in total. The van der Waals surface area contributed by atoms with Gasteiger partial charge in [-0.1, -0.05) is 13.8 Å². The molecule has 0 aliphatic heterocycles. The van der Waals surface area contributed by atoms with Gasteiger partial charge in [0.25, 0.3) is 0 Å². The second kappa shape index (κ2) is 4.71. The van der Waals surface area contributed by atoms with Gasteiger partial charge in [0.1, 0.15) is 0 Å². The Bertz CT molecular complexity index is 422. The number of aliphatic hydroxyl groups excluding tert-OH is 2. The first-order valence-corrected chi connectivity index (χ1v) is 9.31. The zero-order chi connectivity index (χ0) is 14.8. The summed E-state index contributed by atoms with van der Waals surface area (Å²) in [6.45, 7) is 4.90. The van der Waals surface area contributed by atoms with Gasteiger partial charge in [-0.2, -0.15) is 0 Å². The zero-order valence-corrected chi connectivity index (χ0v) is 13.7. The van der Waals surface area contributed by atoms with Gasteiger partial charge < -0.3 is 10.2 Å². The summed E-state index contributed by atoms with van der Waals surface area (Å²) in [4.78, 5) is 0. The predicted molar refractivity (Wildman–Crippen MR) is 83.7 cm³/mol. The molecule has 0 spiro atoms. The van der Waals surface area contributed by atoms with Crippen molar-refractivity contribution in [3.8, 4) is 0 Å². The van der Waals surface area contributed by atoms with Crippen molar-refractivity contribution in [2.45, 2.75) is 83.8 Å². The molecule has 0 heterocycles. The third-order valence-corrected chi connectivity index (χ3v) is 8.59. The monoisotopic (exact) mass is 292 g/mol. The van der Waals surface area contributed by atoms with Gasteiger partial charge >= 0.3 is 0 Å². The molecule has 2 heteroatoms. The van der Waals surface area contributed by atoms with Crippen LogP contribution in [-0.4, -0.2) is 22.4 Å². The average Bonchev–Trinajstić information content (AvgIpc) is 2.76. The fourth-order valence-corrected chi connectivity index (χ4v) is 7.21. The van der Waals surface area contributed by atoms with Crippen LogP contribution in [0, 0.1) is 34.5 Å². The lowest BCUT2D eigenvalue weighted by molar-refractivity contribution is -0.133. The maximum Gasteiger partial charge on any atom is 0.0596 e. The lowest BCUT2D eigenvalue weighted by Crippen LogP contribution is -2.54. The molecule has 8 atom stereocenters. The van der Waals surface area contributed by atoms with Crippen LogP contribution in [0.5, 0.6) is 0 Å². The molecule has 4 fully saturated rings. The Morgan fingerprint density at radius 1 is 0.762 bits per heavy atom. The first-order chi connectivity index (χ1) is 9.95. The van der Waals surface area contributed by atoms with Crippen molar-refractivity contribution < 1.29 is 10.2 Å². The summed E-state index contributed by atoms with van der Waals surface area (Å²) in [5.74, 6) is 3.21. The van der Waals surface area contributed by atoms with Gasteiger partial charge in [0.15, 0.2) is 0 Å². The van der Waals surface area contributed by atoms with Gasteiger partial charge in [-0.3, -0.25) is 0 Å². The van der Waals surface area contributed by atoms with E-state index in [1.807, 2.05) is 0 Å². The van der Waals surface area contributed by atoms with E-state index in [9.17, 15) is 10.2 Å². The van der Waals surface area contributed by atoms with Crippen LogP contribution in [0.15, 0.2) is 0 Å². The number of hydrogen-bond donors (Lipinski definition) is 2. The summed E-state index contributed by atoms with van der Waals surface area (Å²) in [6.07, 6.45) is 10.7. The second-order valence-corrected chi connectivity index (χ2v) is 9.22. The molecule has 0 unspecified atom stereocenters. The van der Waals surface area contributed by atoms with Crippen molar-refractivity contribution in [3.63, 3.8) is 0 Å². The Balaban J connectivity index is 1.62. The highest BCUT2D eigenvalue weighted by atomic mass is 16.3. The number of aliphatic hydroxyl groups is 2.